The van der Waals surface area contributed by atoms with Crippen molar-refractivity contribution in [2.45, 2.75) is 40.3 Å². The molecule has 1 heterocycles. The smallest absolute Gasteiger partial charge is 0.127 e. The van der Waals surface area contributed by atoms with E-state index >= 15 is 0 Å². The zero-order chi connectivity index (χ0) is 13.8. The molecule has 1 aromatic rings. The quantitative estimate of drug-likeness (QED) is 0.902. The van der Waals surface area contributed by atoms with Gasteiger partial charge in [-0.1, -0.05) is 17.7 Å². The van der Waals surface area contributed by atoms with Crippen molar-refractivity contribution in [2.24, 2.45) is 0 Å². The van der Waals surface area contributed by atoms with E-state index in [2.05, 4.69) is 50.0 Å². The number of hydrogen-bond donors (Lipinski definition) is 1. The fourth-order valence-electron chi connectivity index (χ4n) is 2.67. The monoisotopic (exact) mass is 262 g/mol. The van der Waals surface area contributed by atoms with Gasteiger partial charge >= 0.3 is 0 Å². The molecule has 19 heavy (non-hydrogen) atoms. The van der Waals surface area contributed by atoms with Crippen LogP contribution >= 0.6 is 0 Å². The van der Waals surface area contributed by atoms with Gasteiger partial charge in [0.15, 0.2) is 0 Å². The van der Waals surface area contributed by atoms with Crippen molar-refractivity contribution in [3.63, 3.8) is 0 Å². The van der Waals surface area contributed by atoms with Crippen LogP contribution in [0.15, 0.2) is 12.1 Å². The number of aryl methyl sites for hydroxylation is 2. The van der Waals surface area contributed by atoms with Crippen LogP contribution in [-0.4, -0.2) is 37.2 Å². The molecule has 1 saturated heterocycles. The Morgan fingerprint density at radius 2 is 1.89 bits per heavy atom. The summed E-state index contributed by atoms with van der Waals surface area (Å²) in [6.45, 7) is 13.9. The Bertz CT molecular complexity index is 423. The first-order chi connectivity index (χ1) is 9.06. The summed E-state index contributed by atoms with van der Waals surface area (Å²) in [5, 5.41) is 3.40. The molecule has 106 valence electrons. The van der Waals surface area contributed by atoms with E-state index in [9.17, 15) is 0 Å². The summed E-state index contributed by atoms with van der Waals surface area (Å²) in [5.74, 6) is 1.08. The Hall–Kier alpha value is -1.06. The van der Waals surface area contributed by atoms with E-state index in [0.717, 1.165) is 38.5 Å². The lowest BCUT2D eigenvalue weighted by Crippen LogP contribution is -2.43. The molecule has 0 amide bonds. The summed E-state index contributed by atoms with van der Waals surface area (Å²) < 4.78 is 6.03. The molecule has 1 fully saturated rings. The van der Waals surface area contributed by atoms with Crippen LogP contribution < -0.4 is 10.1 Å². The van der Waals surface area contributed by atoms with Crippen molar-refractivity contribution in [2.75, 3.05) is 26.2 Å². The summed E-state index contributed by atoms with van der Waals surface area (Å²) in [4.78, 5) is 2.50. The first kappa shape index (κ1) is 14.4. The van der Waals surface area contributed by atoms with Crippen LogP contribution in [0, 0.1) is 13.8 Å². The van der Waals surface area contributed by atoms with Crippen LogP contribution in [0.5, 0.6) is 5.75 Å². The van der Waals surface area contributed by atoms with E-state index in [4.69, 9.17) is 4.74 Å². The van der Waals surface area contributed by atoms with E-state index < -0.39 is 0 Å². The predicted octanol–water partition coefficient (Wildman–Crippen LogP) is 2.50. The Kier molecular flexibility index (Phi) is 4.83. The van der Waals surface area contributed by atoms with Gasteiger partial charge in [0.25, 0.3) is 0 Å². The highest BCUT2D eigenvalue weighted by Crippen LogP contribution is 2.27. The molecule has 0 saturated carbocycles. The number of ether oxygens (including phenoxy) is 1. The van der Waals surface area contributed by atoms with Crippen molar-refractivity contribution < 1.29 is 4.74 Å². The highest BCUT2D eigenvalue weighted by atomic mass is 16.5. The van der Waals surface area contributed by atoms with Gasteiger partial charge in [0.05, 0.1) is 6.10 Å². The molecule has 1 aromatic carbocycles. The van der Waals surface area contributed by atoms with Gasteiger partial charge in [-0.15, -0.1) is 0 Å². The highest BCUT2D eigenvalue weighted by molar-refractivity contribution is 5.44. The maximum atomic E-state index is 6.03. The molecule has 1 aliphatic heterocycles. The average molecular weight is 262 g/mol. The molecular formula is C16H26N2O. The number of piperazine rings is 1. The van der Waals surface area contributed by atoms with Gasteiger partial charge in [-0.2, -0.15) is 0 Å². The molecule has 0 unspecified atom stereocenters. The largest absolute Gasteiger partial charge is 0.490 e. The Balaban J connectivity index is 2.20. The standard InChI is InChI=1S/C16H26N2O/c1-12(2)19-16-14(4)9-13(3)10-15(16)11-18-7-5-17-6-8-18/h9-10,12,17H,5-8,11H2,1-4H3. The second-order valence-electron chi connectivity index (χ2n) is 5.76. The molecule has 2 rings (SSSR count). The van der Waals surface area contributed by atoms with Crippen molar-refractivity contribution >= 4 is 0 Å². The summed E-state index contributed by atoms with van der Waals surface area (Å²) in [5.41, 5.74) is 3.89. The molecule has 0 atom stereocenters. The first-order valence-corrected chi connectivity index (χ1v) is 7.26. The van der Waals surface area contributed by atoms with Crippen molar-refractivity contribution in [1.29, 1.82) is 0 Å². The molecule has 0 spiro atoms. The maximum absolute atomic E-state index is 6.03. The van der Waals surface area contributed by atoms with Crippen LogP contribution in [0.1, 0.15) is 30.5 Å². The molecule has 0 radical (unpaired) electrons. The van der Waals surface area contributed by atoms with Gasteiger partial charge in [-0.05, 0) is 33.3 Å². The topological polar surface area (TPSA) is 24.5 Å². The third kappa shape index (κ3) is 3.95. The average Bonchev–Trinajstić information content (AvgIpc) is 2.34. The number of rotatable bonds is 4. The number of benzene rings is 1. The van der Waals surface area contributed by atoms with Crippen LogP contribution in [0.3, 0.4) is 0 Å². The van der Waals surface area contributed by atoms with Crippen molar-refractivity contribution in [1.82, 2.24) is 10.2 Å². The van der Waals surface area contributed by atoms with Gasteiger partial charge in [0.2, 0.25) is 0 Å². The number of nitrogens with zero attached hydrogens (tertiary/aromatic N) is 1. The van der Waals surface area contributed by atoms with Crippen molar-refractivity contribution in [3.8, 4) is 5.75 Å². The fourth-order valence-corrected chi connectivity index (χ4v) is 2.67. The highest BCUT2D eigenvalue weighted by Gasteiger charge is 2.15. The molecule has 1 aliphatic rings. The van der Waals surface area contributed by atoms with E-state index in [1.54, 1.807) is 0 Å². The molecule has 3 heteroatoms. The van der Waals surface area contributed by atoms with Gasteiger partial charge in [-0.3, -0.25) is 4.90 Å². The van der Waals surface area contributed by atoms with Crippen LogP contribution in [0.2, 0.25) is 0 Å². The molecule has 1 N–H and O–H groups in total. The Morgan fingerprint density at radius 1 is 1.21 bits per heavy atom. The van der Waals surface area contributed by atoms with Gasteiger partial charge in [0, 0.05) is 38.3 Å². The predicted molar refractivity (Wildman–Crippen MR) is 79.8 cm³/mol. The lowest BCUT2D eigenvalue weighted by atomic mass is 10.0. The van der Waals surface area contributed by atoms with E-state index in [1.165, 1.54) is 16.7 Å². The zero-order valence-electron chi connectivity index (χ0n) is 12.6. The first-order valence-electron chi connectivity index (χ1n) is 7.26. The van der Waals surface area contributed by atoms with Gasteiger partial charge in [-0.25, -0.2) is 0 Å². The normalized spacial score (nSPS) is 16.9. The zero-order valence-corrected chi connectivity index (χ0v) is 12.6. The van der Waals surface area contributed by atoms with Crippen LogP contribution in [-0.2, 0) is 6.54 Å². The van der Waals surface area contributed by atoms with E-state index in [0.29, 0.717) is 0 Å². The fraction of sp³-hybridized carbons (Fsp3) is 0.625. The maximum Gasteiger partial charge on any atom is 0.127 e. The lowest BCUT2D eigenvalue weighted by Gasteiger charge is -2.28. The van der Waals surface area contributed by atoms with E-state index in [-0.39, 0.29) is 6.10 Å². The van der Waals surface area contributed by atoms with Gasteiger partial charge in [0.1, 0.15) is 5.75 Å². The van der Waals surface area contributed by atoms with Crippen LogP contribution in [0.4, 0.5) is 0 Å². The van der Waals surface area contributed by atoms with Crippen molar-refractivity contribution in [3.05, 3.63) is 28.8 Å². The third-order valence-electron chi connectivity index (χ3n) is 3.45. The minimum atomic E-state index is 0.225. The summed E-state index contributed by atoms with van der Waals surface area (Å²) in [6.07, 6.45) is 0.225. The number of nitrogens with one attached hydrogen (secondary N) is 1. The minimum Gasteiger partial charge on any atom is -0.490 e. The summed E-state index contributed by atoms with van der Waals surface area (Å²) >= 11 is 0. The lowest BCUT2D eigenvalue weighted by molar-refractivity contribution is 0.213. The van der Waals surface area contributed by atoms with Crippen LogP contribution in [0.25, 0.3) is 0 Å². The molecule has 3 nitrogen and oxygen atoms in total. The Morgan fingerprint density at radius 3 is 2.53 bits per heavy atom. The third-order valence-corrected chi connectivity index (χ3v) is 3.45. The molecule has 0 bridgehead atoms. The molecule has 0 aromatic heterocycles. The van der Waals surface area contributed by atoms with Gasteiger partial charge < -0.3 is 10.1 Å². The number of hydrogen-bond acceptors (Lipinski definition) is 3. The summed E-state index contributed by atoms with van der Waals surface area (Å²) in [7, 11) is 0. The summed E-state index contributed by atoms with van der Waals surface area (Å²) in [6, 6.07) is 4.48. The van der Waals surface area contributed by atoms with E-state index in [1.807, 2.05) is 0 Å². The Labute approximate surface area is 116 Å². The second-order valence-corrected chi connectivity index (χ2v) is 5.76. The molecular weight excluding hydrogens is 236 g/mol. The minimum absolute atomic E-state index is 0.225. The molecule has 0 aliphatic carbocycles. The SMILES string of the molecule is Cc1cc(C)c(OC(C)C)c(CN2CCNCC2)c1. The second kappa shape index (κ2) is 6.40.